The van der Waals surface area contributed by atoms with Gasteiger partial charge in [0.2, 0.25) is 0 Å². The zero-order chi connectivity index (χ0) is 17.3. The number of ether oxygens (including phenoxy) is 1. The van der Waals surface area contributed by atoms with E-state index >= 15 is 0 Å². The maximum Gasteiger partial charge on any atom is 0.127 e. The Bertz CT molecular complexity index is 1180. The number of hydrogen-bond donors (Lipinski definition) is 0. The molecular weight excluding hydrogens is 300 g/mol. The summed E-state index contributed by atoms with van der Waals surface area (Å²) >= 11 is 0. The second kappa shape index (κ2) is 5.62. The average molecular weight is 308 g/mol. The largest absolute Gasteiger partial charge is 0.496 e. The number of benzene rings is 3. The first-order valence-corrected chi connectivity index (χ1v) is 6.91. The van der Waals surface area contributed by atoms with E-state index in [0.29, 0.717) is 21.9 Å². The molecule has 3 aromatic rings. The van der Waals surface area contributed by atoms with Gasteiger partial charge in [0.05, 0.1) is 29.4 Å². The van der Waals surface area contributed by atoms with Gasteiger partial charge in [-0.15, -0.1) is 0 Å². The first-order valence-electron chi connectivity index (χ1n) is 6.91. The summed E-state index contributed by atoms with van der Waals surface area (Å²) in [6.07, 6.45) is 0. The Morgan fingerprint density at radius 3 is 1.92 bits per heavy atom. The Kier molecular flexibility index (Phi) is 3.48. The molecule has 0 radical (unpaired) electrons. The van der Waals surface area contributed by atoms with Crippen LogP contribution in [-0.2, 0) is 0 Å². The highest BCUT2D eigenvalue weighted by Crippen LogP contribution is 2.38. The summed E-state index contributed by atoms with van der Waals surface area (Å²) in [5.74, 6) is 0.534. The third-order valence-electron chi connectivity index (χ3n) is 3.94. The van der Waals surface area contributed by atoms with Gasteiger partial charge >= 0.3 is 0 Å². The van der Waals surface area contributed by atoms with Crippen molar-refractivity contribution in [1.29, 1.82) is 21.0 Å². The van der Waals surface area contributed by atoms with Crippen molar-refractivity contribution in [2.45, 2.75) is 0 Å². The minimum Gasteiger partial charge on any atom is -0.496 e. The van der Waals surface area contributed by atoms with Crippen LogP contribution in [0.5, 0.6) is 5.75 Å². The van der Waals surface area contributed by atoms with Crippen LogP contribution in [0.1, 0.15) is 22.3 Å². The number of nitrogens with zero attached hydrogens (tertiary/aromatic N) is 4. The molecule has 110 valence electrons. The molecule has 3 aromatic carbocycles. The van der Waals surface area contributed by atoms with Crippen molar-refractivity contribution in [2.75, 3.05) is 7.11 Å². The Labute approximate surface area is 137 Å². The van der Waals surface area contributed by atoms with Crippen LogP contribution in [0.25, 0.3) is 21.5 Å². The number of rotatable bonds is 1. The molecule has 24 heavy (non-hydrogen) atoms. The first-order chi connectivity index (χ1) is 11.7. The number of fused-ring (bicyclic) bond motifs is 3. The zero-order valence-corrected chi connectivity index (χ0v) is 12.6. The summed E-state index contributed by atoms with van der Waals surface area (Å²) < 4.78 is 5.40. The molecular formula is C19H8N4O. The normalized spacial score (nSPS) is 9.71. The second-order valence-electron chi connectivity index (χ2n) is 4.99. The van der Waals surface area contributed by atoms with E-state index in [1.165, 1.54) is 7.11 Å². The zero-order valence-electron chi connectivity index (χ0n) is 12.6. The summed E-state index contributed by atoms with van der Waals surface area (Å²) in [5.41, 5.74) is 0.0229. The van der Waals surface area contributed by atoms with Gasteiger partial charge in [0.15, 0.2) is 0 Å². The van der Waals surface area contributed by atoms with Crippen LogP contribution in [0.2, 0.25) is 0 Å². The Hall–Kier alpha value is -4.06. The van der Waals surface area contributed by atoms with Crippen molar-refractivity contribution in [3.8, 4) is 30.0 Å². The van der Waals surface area contributed by atoms with Crippen molar-refractivity contribution in [2.24, 2.45) is 0 Å². The van der Waals surface area contributed by atoms with Gasteiger partial charge in [0, 0.05) is 16.2 Å². The monoisotopic (exact) mass is 308 g/mol. The van der Waals surface area contributed by atoms with Crippen LogP contribution in [0.15, 0.2) is 30.3 Å². The molecule has 3 rings (SSSR count). The molecule has 0 saturated heterocycles. The van der Waals surface area contributed by atoms with E-state index in [9.17, 15) is 21.0 Å². The summed E-state index contributed by atoms with van der Waals surface area (Å²) in [6.45, 7) is 0. The highest BCUT2D eigenvalue weighted by atomic mass is 16.5. The highest BCUT2D eigenvalue weighted by Gasteiger charge is 2.22. The minimum absolute atomic E-state index is 0.0710. The van der Waals surface area contributed by atoms with Crippen LogP contribution in [0.3, 0.4) is 0 Å². The van der Waals surface area contributed by atoms with Gasteiger partial charge in [0.1, 0.15) is 30.0 Å². The molecule has 0 spiro atoms. The Morgan fingerprint density at radius 1 is 0.708 bits per heavy atom. The summed E-state index contributed by atoms with van der Waals surface area (Å²) in [6, 6.07) is 16.7. The van der Waals surface area contributed by atoms with Gasteiger partial charge in [-0.05, 0) is 11.5 Å². The third-order valence-corrected chi connectivity index (χ3v) is 3.94. The molecule has 0 aliphatic heterocycles. The standard InChI is InChI=1S/C19H8N4O/c1-24-17-4-2-3-11-5-6-12-13(7-20)14(8-21)15(9-22)16(10-23)19(12)18(11)17/h2-6H,1H3. The third kappa shape index (κ3) is 1.84. The fourth-order valence-electron chi connectivity index (χ4n) is 2.94. The molecule has 0 heterocycles. The predicted octanol–water partition coefficient (Wildman–Crippen LogP) is 3.49. The molecule has 0 aliphatic rings. The van der Waals surface area contributed by atoms with Crippen molar-refractivity contribution in [1.82, 2.24) is 0 Å². The maximum atomic E-state index is 9.62. The lowest BCUT2D eigenvalue weighted by Crippen LogP contribution is -1.99. The molecule has 0 atom stereocenters. The number of nitriles is 4. The predicted molar refractivity (Wildman–Crippen MR) is 86.9 cm³/mol. The Morgan fingerprint density at radius 2 is 1.33 bits per heavy atom. The van der Waals surface area contributed by atoms with Crippen LogP contribution in [0.4, 0.5) is 0 Å². The van der Waals surface area contributed by atoms with Crippen LogP contribution in [0, 0.1) is 45.3 Å². The van der Waals surface area contributed by atoms with Gasteiger partial charge in [0.25, 0.3) is 0 Å². The fraction of sp³-hybridized carbons (Fsp3) is 0.0526. The molecule has 0 amide bonds. The van der Waals surface area contributed by atoms with Gasteiger partial charge in [-0.1, -0.05) is 24.3 Å². The van der Waals surface area contributed by atoms with Gasteiger partial charge < -0.3 is 4.74 Å². The molecule has 0 unspecified atom stereocenters. The lowest BCUT2D eigenvalue weighted by molar-refractivity contribution is 0.420. The molecule has 0 N–H and O–H groups in total. The second-order valence-corrected chi connectivity index (χ2v) is 4.99. The van der Waals surface area contributed by atoms with Crippen LogP contribution in [-0.4, -0.2) is 7.11 Å². The fourth-order valence-corrected chi connectivity index (χ4v) is 2.94. The summed E-state index contributed by atoms with van der Waals surface area (Å²) in [7, 11) is 1.51. The molecule has 0 bridgehead atoms. The minimum atomic E-state index is -0.0811. The average Bonchev–Trinajstić information content (AvgIpc) is 2.64. The van der Waals surface area contributed by atoms with E-state index in [2.05, 4.69) is 0 Å². The molecule has 0 aromatic heterocycles. The topological polar surface area (TPSA) is 104 Å². The maximum absolute atomic E-state index is 9.62. The quantitative estimate of drug-likeness (QED) is 0.640. The number of methoxy groups -OCH3 is 1. The van der Waals surface area contributed by atoms with E-state index < -0.39 is 0 Å². The van der Waals surface area contributed by atoms with E-state index in [4.69, 9.17) is 4.74 Å². The van der Waals surface area contributed by atoms with E-state index in [1.807, 2.05) is 36.4 Å². The smallest absolute Gasteiger partial charge is 0.127 e. The van der Waals surface area contributed by atoms with Crippen LogP contribution < -0.4 is 4.74 Å². The molecule has 0 saturated carbocycles. The van der Waals surface area contributed by atoms with E-state index in [1.54, 1.807) is 18.2 Å². The molecule has 5 heteroatoms. The van der Waals surface area contributed by atoms with E-state index in [0.717, 1.165) is 5.39 Å². The van der Waals surface area contributed by atoms with Gasteiger partial charge in [-0.3, -0.25) is 0 Å². The molecule has 0 fully saturated rings. The van der Waals surface area contributed by atoms with E-state index in [-0.39, 0.29) is 22.3 Å². The summed E-state index contributed by atoms with van der Waals surface area (Å²) in [4.78, 5) is 0. The van der Waals surface area contributed by atoms with Gasteiger partial charge in [-0.2, -0.15) is 21.0 Å². The van der Waals surface area contributed by atoms with Crippen LogP contribution >= 0.6 is 0 Å². The highest BCUT2D eigenvalue weighted by molar-refractivity contribution is 6.15. The molecule has 5 nitrogen and oxygen atoms in total. The Balaban J connectivity index is 2.79. The molecule has 0 aliphatic carbocycles. The lowest BCUT2D eigenvalue weighted by Gasteiger charge is -2.13. The van der Waals surface area contributed by atoms with Crippen molar-refractivity contribution in [3.63, 3.8) is 0 Å². The van der Waals surface area contributed by atoms with Crippen molar-refractivity contribution in [3.05, 3.63) is 52.6 Å². The van der Waals surface area contributed by atoms with Gasteiger partial charge in [-0.25, -0.2) is 0 Å². The van der Waals surface area contributed by atoms with Crippen molar-refractivity contribution < 1.29 is 4.74 Å². The first kappa shape index (κ1) is 14.9. The SMILES string of the molecule is COc1cccc2ccc3c(C#N)c(C#N)c(C#N)c(C#N)c3c12. The number of hydrogen-bond acceptors (Lipinski definition) is 5. The van der Waals surface area contributed by atoms with Crippen molar-refractivity contribution >= 4 is 21.5 Å². The lowest BCUT2D eigenvalue weighted by atomic mass is 9.88. The summed E-state index contributed by atoms with van der Waals surface area (Å²) in [5, 5.41) is 40.3.